The molecule has 0 N–H and O–H groups in total. The number of carbonyl (C=O) groups is 2. The molecule has 6 nitrogen and oxygen atoms in total. The van der Waals surface area contributed by atoms with Gasteiger partial charge in [-0.15, -0.1) is 0 Å². The van der Waals surface area contributed by atoms with Crippen molar-refractivity contribution in [2.24, 2.45) is 0 Å². The first-order valence-corrected chi connectivity index (χ1v) is 8.35. The normalized spacial score (nSPS) is 30.1. The van der Waals surface area contributed by atoms with Gasteiger partial charge in [0.05, 0.1) is 25.4 Å². The third kappa shape index (κ3) is 4.43. The highest BCUT2D eigenvalue weighted by molar-refractivity contribution is 5.85. The second-order valence-corrected chi connectivity index (χ2v) is 6.30. The van der Waals surface area contributed by atoms with Gasteiger partial charge in [0.15, 0.2) is 0 Å². The van der Waals surface area contributed by atoms with E-state index in [1.54, 1.807) is 11.8 Å². The summed E-state index contributed by atoms with van der Waals surface area (Å²) in [6.45, 7) is 8.72. The van der Waals surface area contributed by atoms with Crippen molar-refractivity contribution >= 4 is 11.9 Å². The number of piperidine rings is 1. The zero-order valence-electron chi connectivity index (χ0n) is 13.9. The minimum atomic E-state index is -0.405. The smallest absolute Gasteiger partial charge is 0.328 e. The molecule has 2 heterocycles. The van der Waals surface area contributed by atoms with E-state index in [1.165, 1.54) is 0 Å². The third-order valence-corrected chi connectivity index (χ3v) is 4.24. The highest BCUT2D eigenvalue weighted by Gasteiger charge is 2.34. The summed E-state index contributed by atoms with van der Waals surface area (Å²) < 4.78 is 10.8. The Labute approximate surface area is 132 Å². The molecule has 1 amide bonds. The Morgan fingerprint density at radius 3 is 2.50 bits per heavy atom. The topological polar surface area (TPSA) is 59.1 Å². The van der Waals surface area contributed by atoms with Crippen molar-refractivity contribution in [3.05, 3.63) is 0 Å². The van der Waals surface area contributed by atoms with E-state index in [4.69, 9.17) is 9.47 Å². The molecule has 2 rings (SSSR count). The molecule has 2 fully saturated rings. The molecule has 0 saturated carbocycles. The minimum Gasteiger partial charge on any atom is -0.464 e. The number of likely N-dealkylation sites (tertiary alicyclic amines) is 1. The summed E-state index contributed by atoms with van der Waals surface area (Å²) in [5.41, 5.74) is 0. The van der Waals surface area contributed by atoms with Gasteiger partial charge in [-0.1, -0.05) is 0 Å². The quantitative estimate of drug-likeness (QED) is 0.726. The predicted octanol–water partition coefficient (Wildman–Crippen LogP) is 1.04. The summed E-state index contributed by atoms with van der Waals surface area (Å²) in [4.78, 5) is 28.5. The number of hydrogen-bond donors (Lipinski definition) is 0. The van der Waals surface area contributed by atoms with E-state index in [-0.39, 0.29) is 24.1 Å². The van der Waals surface area contributed by atoms with Crippen LogP contribution in [0.25, 0.3) is 0 Å². The summed E-state index contributed by atoms with van der Waals surface area (Å²) >= 11 is 0. The van der Waals surface area contributed by atoms with Gasteiger partial charge in [0.25, 0.3) is 0 Å². The minimum absolute atomic E-state index is 0.0269. The zero-order chi connectivity index (χ0) is 16.1. The molecular formula is C16H28N2O4. The average Bonchev–Trinajstić information content (AvgIpc) is 2.46. The van der Waals surface area contributed by atoms with Crippen LogP contribution in [0.4, 0.5) is 0 Å². The molecule has 0 aromatic heterocycles. The van der Waals surface area contributed by atoms with Gasteiger partial charge in [0, 0.05) is 19.6 Å². The molecule has 3 atom stereocenters. The number of carbonyl (C=O) groups excluding carboxylic acids is 2. The van der Waals surface area contributed by atoms with Crippen molar-refractivity contribution in [2.45, 2.75) is 58.3 Å². The van der Waals surface area contributed by atoms with E-state index in [9.17, 15) is 9.59 Å². The molecule has 0 aliphatic carbocycles. The fourth-order valence-corrected chi connectivity index (χ4v) is 3.41. The first-order chi connectivity index (χ1) is 10.5. The lowest BCUT2D eigenvalue weighted by Crippen LogP contribution is -2.54. The maximum absolute atomic E-state index is 12.6. The van der Waals surface area contributed by atoms with E-state index in [0.717, 1.165) is 25.9 Å². The number of rotatable bonds is 4. The van der Waals surface area contributed by atoms with Gasteiger partial charge in [0.1, 0.15) is 6.04 Å². The fourth-order valence-electron chi connectivity index (χ4n) is 3.41. The third-order valence-electron chi connectivity index (χ3n) is 4.24. The van der Waals surface area contributed by atoms with Crippen molar-refractivity contribution in [3.63, 3.8) is 0 Å². The van der Waals surface area contributed by atoms with E-state index >= 15 is 0 Å². The van der Waals surface area contributed by atoms with Gasteiger partial charge >= 0.3 is 5.97 Å². The number of morpholine rings is 1. The molecule has 22 heavy (non-hydrogen) atoms. The molecule has 2 saturated heterocycles. The van der Waals surface area contributed by atoms with Crippen LogP contribution in [0, 0.1) is 0 Å². The Bertz CT molecular complexity index is 392. The maximum atomic E-state index is 12.6. The van der Waals surface area contributed by atoms with E-state index < -0.39 is 6.04 Å². The Morgan fingerprint density at radius 1 is 1.18 bits per heavy atom. The van der Waals surface area contributed by atoms with E-state index in [1.807, 2.05) is 13.8 Å². The summed E-state index contributed by atoms with van der Waals surface area (Å²) in [5, 5.41) is 0. The van der Waals surface area contributed by atoms with Crippen LogP contribution in [0.15, 0.2) is 0 Å². The van der Waals surface area contributed by atoms with Crippen LogP contribution in [0.5, 0.6) is 0 Å². The van der Waals surface area contributed by atoms with Crippen LogP contribution in [-0.4, -0.2) is 72.7 Å². The number of esters is 1. The van der Waals surface area contributed by atoms with Gasteiger partial charge in [-0.2, -0.15) is 0 Å². The zero-order valence-corrected chi connectivity index (χ0v) is 13.9. The Morgan fingerprint density at radius 2 is 1.86 bits per heavy atom. The van der Waals surface area contributed by atoms with Gasteiger partial charge in [0.2, 0.25) is 5.91 Å². The van der Waals surface area contributed by atoms with Crippen molar-refractivity contribution < 1.29 is 19.1 Å². The maximum Gasteiger partial charge on any atom is 0.328 e. The number of nitrogens with zero attached hydrogens (tertiary/aromatic N) is 2. The van der Waals surface area contributed by atoms with E-state index in [2.05, 4.69) is 4.90 Å². The average molecular weight is 312 g/mol. The van der Waals surface area contributed by atoms with Crippen LogP contribution < -0.4 is 0 Å². The van der Waals surface area contributed by atoms with Crippen LogP contribution in [-0.2, 0) is 19.1 Å². The van der Waals surface area contributed by atoms with Gasteiger partial charge < -0.3 is 14.4 Å². The highest BCUT2D eigenvalue weighted by atomic mass is 16.5. The lowest BCUT2D eigenvalue weighted by molar-refractivity contribution is -0.158. The molecule has 0 spiro atoms. The van der Waals surface area contributed by atoms with Crippen molar-refractivity contribution in [2.75, 3.05) is 32.8 Å². The molecule has 0 aromatic rings. The summed E-state index contributed by atoms with van der Waals surface area (Å²) in [7, 11) is 0. The van der Waals surface area contributed by atoms with Crippen LogP contribution in [0.3, 0.4) is 0 Å². The lowest BCUT2D eigenvalue weighted by Gasteiger charge is -2.38. The van der Waals surface area contributed by atoms with E-state index in [0.29, 0.717) is 26.1 Å². The Hall–Kier alpha value is -1.14. The number of hydrogen-bond acceptors (Lipinski definition) is 5. The van der Waals surface area contributed by atoms with Crippen molar-refractivity contribution in [1.29, 1.82) is 0 Å². The van der Waals surface area contributed by atoms with Gasteiger partial charge in [-0.3, -0.25) is 9.69 Å². The summed E-state index contributed by atoms with van der Waals surface area (Å²) in [5.74, 6) is -0.238. The standard InChI is InChI=1S/C16H28N2O4/c1-4-21-16(20)14-7-5-6-8-18(14)15(19)11-17-9-12(2)22-13(3)10-17/h12-14H,4-11H2,1-3H3. The fraction of sp³-hybridized carbons (Fsp3) is 0.875. The molecule has 126 valence electrons. The molecule has 6 heteroatoms. The first-order valence-electron chi connectivity index (χ1n) is 8.35. The molecular weight excluding hydrogens is 284 g/mol. The predicted molar refractivity (Wildman–Crippen MR) is 82.4 cm³/mol. The molecule has 2 aliphatic rings. The summed E-state index contributed by atoms with van der Waals surface area (Å²) in [6, 6.07) is -0.405. The highest BCUT2D eigenvalue weighted by Crippen LogP contribution is 2.19. The van der Waals surface area contributed by atoms with Crippen LogP contribution in [0.2, 0.25) is 0 Å². The largest absolute Gasteiger partial charge is 0.464 e. The molecule has 0 radical (unpaired) electrons. The first kappa shape index (κ1) is 17.2. The van der Waals surface area contributed by atoms with Crippen molar-refractivity contribution in [3.8, 4) is 0 Å². The second kappa shape index (κ2) is 7.92. The molecule has 3 unspecified atom stereocenters. The summed E-state index contributed by atoms with van der Waals surface area (Å²) in [6.07, 6.45) is 2.91. The van der Waals surface area contributed by atoms with Gasteiger partial charge in [-0.25, -0.2) is 4.79 Å². The SMILES string of the molecule is CCOC(=O)C1CCCCN1C(=O)CN1CC(C)OC(C)C1. The second-order valence-electron chi connectivity index (χ2n) is 6.30. The molecule has 2 aliphatic heterocycles. The Kier molecular flexibility index (Phi) is 6.20. The number of amides is 1. The molecule has 0 aromatic carbocycles. The van der Waals surface area contributed by atoms with Crippen LogP contribution >= 0.6 is 0 Å². The number of ether oxygens (including phenoxy) is 2. The lowest BCUT2D eigenvalue weighted by atomic mass is 10.0. The van der Waals surface area contributed by atoms with Crippen LogP contribution in [0.1, 0.15) is 40.0 Å². The van der Waals surface area contributed by atoms with Crippen molar-refractivity contribution in [1.82, 2.24) is 9.80 Å². The van der Waals surface area contributed by atoms with Gasteiger partial charge in [-0.05, 0) is 40.0 Å². The monoisotopic (exact) mass is 312 g/mol. The Balaban J connectivity index is 1.95. The molecule has 0 bridgehead atoms.